The fraction of sp³-hybridized carbons (Fsp3) is 0.707. The van der Waals surface area contributed by atoms with E-state index in [4.69, 9.17) is 4.74 Å². The zero-order valence-electron chi connectivity index (χ0n) is 29.2. The van der Waals surface area contributed by atoms with Gasteiger partial charge in [0.25, 0.3) is 0 Å². The van der Waals surface area contributed by atoms with Crippen LogP contribution in [0.4, 0.5) is 18.0 Å². The van der Waals surface area contributed by atoms with Crippen molar-refractivity contribution in [1.82, 2.24) is 4.90 Å². The van der Waals surface area contributed by atoms with E-state index in [0.29, 0.717) is 48.6 Å². The van der Waals surface area contributed by atoms with Gasteiger partial charge in [-0.05, 0) is 117 Å². The molecule has 1 heterocycles. The third-order valence-electron chi connectivity index (χ3n) is 16.8. The van der Waals surface area contributed by atoms with Gasteiger partial charge in [0, 0.05) is 33.9 Å². The molecule has 6 saturated carbocycles. The number of carbonyl (C=O) groups is 2. The molecule has 7 fully saturated rings. The van der Waals surface area contributed by atoms with E-state index >= 15 is 0 Å². The van der Waals surface area contributed by atoms with Crippen LogP contribution in [0, 0.1) is 56.7 Å². The Hall–Kier alpha value is -2.61. The molecule has 3 spiro atoms. The van der Waals surface area contributed by atoms with Gasteiger partial charge in [-0.3, -0.25) is 4.79 Å². The standard InChI is InChI=1S/C41H50F3NO4/c1-35(2)26-9-8-25(29(35)19-26)22-45-23-39(49-34(45)48)15-12-32-37(39,4)14-11-31-36(3)13-10-28(46)20-38(36)16-17-40(31,32)30(21-38)33(47)24-6-5-7-27(18-24)41(42,43)44/h5-7,16-18,21,25-26,28-29,31-32,46H,8-15,19-20,22-23H2,1-4H3. The lowest BCUT2D eigenvalue weighted by Crippen LogP contribution is -2.67. The number of alkyl halides is 3. The van der Waals surface area contributed by atoms with Crippen LogP contribution < -0.4 is 0 Å². The molecule has 264 valence electrons. The average Bonchev–Trinajstić information content (AvgIpc) is 3.54. The Labute approximate surface area is 287 Å². The number of nitrogens with zero attached hydrogens (tertiary/aromatic N) is 1. The highest BCUT2D eigenvalue weighted by molar-refractivity contribution is 6.10. The number of hydrogen-bond acceptors (Lipinski definition) is 4. The molecule has 0 aromatic heterocycles. The van der Waals surface area contributed by atoms with Gasteiger partial charge in [0.15, 0.2) is 5.78 Å². The van der Waals surface area contributed by atoms with E-state index in [1.165, 1.54) is 25.0 Å². The Morgan fingerprint density at radius 1 is 0.980 bits per heavy atom. The first-order chi connectivity index (χ1) is 23.0. The average molecular weight is 678 g/mol. The summed E-state index contributed by atoms with van der Waals surface area (Å²) in [6.07, 6.45) is 10.1. The van der Waals surface area contributed by atoms with Gasteiger partial charge in [-0.1, -0.05) is 58.1 Å². The van der Waals surface area contributed by atoms with Crippen LogP contribution in [0.5, 0.6) is 0 Å². The van der Waals surface area contributed by atoms with Crippen molar-refractivity contribution in [2.24, 2.45) is 56.7 Å². The quantitative estimate of drug-likeness (QED) is 0.255. The maximum Gasteiger partial charge on any atom is 0.416 e. The van der Waals surface area contributed by atoms with Gasteiger partial charge < -0.3 is 14.7 Å². The number of aliphatic hydroxyl groups is 1. The summed E-state index contributed by atoms with van der Waals surface area (Å²) >= 11 is 0. The molecule has 1 N–H and O–H groups in total. The number of ether oxygens (including phenoxy) is 1. The minimum atomic E-state index is -4.56. The van der Waals surface area contributed by atoms with E-state index in [0.717, 1.165) is 56.7 Å². The minimum Gasteiger partial charge on any atom is -0.440 e. The fourth-order valence-corrected chi connectivity index (χ4v) is 14.0. The van der Waals surface area contributed by atoms with E-state index < -0.39 is 39.7 Å². The van der Waals surface area contributed by atoms with Crippen LogP contribution in [0.2, 0.25) is 0 Å². The number of hydrogen-bond donors (Lipinski definition) is 1. The number of benzene rings is 1. The van der Waals surface area contributed by atoms with Gasteiger partial charge in [0.05, 0.1) is 18.2 Å². The number of allylic oxidation sites excluding steroid dienone is 4. The van der Waals surface area contributed by atoms with Gasteiger partial charge in [0.1, 0.15) is 5.60 Å². The summed E-state index contributed by atoms with van der Waals surface area (Å²) in [5.74, 6) is 1.63. The Morgan fingerprint density at radius 2 is 1.71 bits per heavy atom. The molecule has 0 radical (unpaired) electrons. The summed E-state index contributed by atoms with van der Waals surface area (Å²) < 4.78 is 48.2. The van der Waals surface area contributed by atoms with E-state index in [1.807, 2.05) is 4.90 Å². The zero-order chi connectivity index (χ0) is 34.6. The molecule has 10 aliphatic rings. The molecule has 1 aromatic carbocycles. The smallest absolute Gasteiger partial charge is 0.416 e. The Balaban J connectivity index is 1.10. The number of fused-ring (bicyclic) bond motifs is 4. The largest absolute Gasteiger partial charge is 0.440 e. The maximum atomic E-state index is 14.8. The van der Waals surface area contributed by atoms with Crippen molar-refractivity contribution in [2.45, 2.75) is 110 Å². The molecule has 11 unspecified atom stereocenters. The first-order valence-electron chi connectivity index (χ1n) is 18.8. The predicted molar refractivity (Wildman–Crippen MR) is 178 cm³/mol. The molecule has 1 aromatic rings. The van der Waals surface area contributed by atoms with Crippen LogP contribution in [0.3, 0.4) is 0 Å². The normalized spacial score (nSPS) is 47.2. The van der Waals surface area contributed by atoms with Crippen LogP contribution in [0.25, 0.3) is 0 Å². The summed E-state index contributed by atoms with van der Waals surface area (Å²) in [7, 11) is 0. The summed E-state index contributed by atoms with van der Waals surface area (Å²) in [6.45, 7) is 10.7. The number of ketones is 1. The molecule has 4 bridgehead atoms. The predicted octanol–water partition coefficient (Wildman–Crippen LogP) is 9.01. The van der Waals surface area contributed by atoms with Gasteiger partial charge in [-0.25, -0.2) is 4.79 Å². The molecule has 9 aliphatic carbocycles. The van der Waals surface area contributed by atoms with E-state index in [2.05, 4.69) is 45.9 Å². The molecular weight excluding hydrogens is 627 g/mol. The number of halogens is 3. The molecule has 1 saturated heterocycles. The number of carbonyl (C=O) groups excluding carboxylic acids is 2. The van der Waals surface area contributed by atoms with Crippen LogP contribution in [0.15, 0.2) is 48.1 Å². The second kappa shape index (κ2) is 9.83. The topological polar surface area (TPSA) is 66.8 Å². The highest BCUT2D eigenvalue weighted by atomic mass is 19.4. The number of rotatable bonds is 4. The lowest BCUT2D eigenvalue weighted by atomic mass is 9.32. The Kier molecular flexibility index (Phi) is 6.48. The van der Waals surface area contributed by atoms with Crippen molar-refractivity contribution in [2.75, 3.05) is 13.1 Å². The van der Waals surface area contributed by atoms with Crippen molar-refractivity contribution in [3.8, 4) is 0 Å². The highest BCUT2D eigenvalue weighted by Gasteiger charge is 2.76. The maximum absolute atomic E-state index is 14.8. The van der Waals surface area contributed by atoms with Gasteiger partial charge >= 0.3 is 12.3 Å². The molecular formula is C41H50F3NO4. The number of amides is 1. The van der Waals surface area contributed by atoms with Gasteiger partial charge in [-0.15, -0.1) is 0 Å². The molecule has 11 rings (SSSR count). The molecule has 49 heavy (non-hydrogen) atoms. The number of aliphatic hydroxyl groups excluding tert-OH is 1. The molecule has 5 nitrogen and oxygen atoms in total. The third kappa shape index (κ3) is 3.93. The van der Waals surface area contributed by atoms with Crippen molar-refractivity contribution in [1.29, 1.82) is 0 Å². The lowest BCUT2D eigenvalue weighted by molar-refractivity contribution is -0.164. The first-order valence-corrected chi connectivity index (χ1v) is 18.8. The van der Waals surface area contributed by atoms with Crippen molar-refractivity contribution in [3.05, 3.63) is 59.2 Å². The van der Waals surface area contributed by atoms with E-state index in [9.17, 15) is 27.9 Å². The van der Waals surface area contributed by atoms with E-state index in [1.54, 1.807) is 0 Å². The summed E-state index contributed by atoms with van der Waals surface area (Å²) in [5, 5.41) is 11.0. The van der Waals surface area contributed by atoms with Crippen LogP contribution >= 0.6 is 0 Å². The minimum absolute atomic E-state index is 0.0215. The third-order valence-corrected chi connectivity index (χ3v) is 16.8. The SMILES string of the molecule is CC1(C)C2CCC(CN3CC4(CCC5C67C=CC8(C=C6C(=O)c6cccc(C(F)(F)F)c6)CC(O)CCC8(C)C7CCC54C)OC3=O)C1C2. The monoisotopic (exact) mass is 677 g/mol. The summed E-state index contributed by atoms with van der Waals surface area (Å²) in [4.78, 5) is 30.6. The van der Waals surface area contributed by atoms with Crippen molar-refractivity contribution >= 4 is 11.9 Å². The van der Waals surface area contributed by atoms with Crippen LogP contribution in [0.1, 0.15) is 108 Å². The Bertz CT molecular complexity index is 1700. The fourth-order valence-electron chi connectivity index (χ4n) is 14.0. The van der Waals surface area contributed by atoms with Crippen LogP contribution in [-0.4, -0.2) is 46.7 Å². The first kappa shape index (κ1) is 32.3. The highest BCUT2D eigenvalue weighted by Crippen LogP contribution is 2.79. The second-order valence-corrected chi connectivity index (χ2v) is 18.6. The van der Waals surface area contributed by atoms with Gasteiger partial charge in [-0.2, -0.15) is 13.2 Å². The van der Waals surface area contributed by atoms with Crippen LogP contribution in [-0.2, 0) is 10.9 Å². The zero-order valence-corrected chi connectivity index (χ0v) is 29.2. The van der Waals surface area contributed by atoms with Gasteiger partial charge in [0.2, 0.25) is 0 Å². The lowest BCUT2D eigenvalue weighted by Gasteiger charge is -2.71. The molecule has 11 atom stereocenters. The summed E-state index contributed by atoms with van der Waals surface area (Å²) in [5.41, 5.74) is -2.40. The number of Topliss-reactive ketones (excluding diaryl/α,β-unsaturated/α-hetero) is 1. The second-order valence-electron chi connectivity index (χ2n) is 18.6. The molecule has 1 aliphatic heterocycles. The molecule has 8 heteroatoms. The van der Waals surface area contributed by atoms with Crippen molar-refractivity contribution < 1.29 is 32.6 Å². The molecule has 1 amide bonds. The Morgan fingerprint density at radius 3 is 2.45 bits per heavy atom. The van der Waals surface area contributed by atoms with Crippen molar-refractivity contribution in [3.63, 3.8) is 0 Å². The van der Waals surface area contributed by atoms with E-state index in [-0.39, 0.29) is 34.7 Å². The summed E-state index contributed by atoms with van der Waals surface area (Å²) in [6, 6.07) is 4.85.